The summed E-state index contributed by atoms with van der Waals surface area (Å²) >= 11 is 5.65. The first-order chi connectivity index (χ1) is 10.1. The zero-order valence-corrected chi connectivity index (χ0v) is 11.6. The quantitative estimate of drug-likeness (QED) is 0.874. The fourth-order valence-electron chi connectivity index (χ4n) is 1.73. The average molecular weight is 306 g/mol. The summed E-state index contributed by atoms with van der Waals surface area (Å²) in [5.74, 6) is -1.75. The Morgan fingerprint density at radius 3 is 2.57 bits per heavy atom. The van der Waals surface area contributed by atoms with E-state index in [0.717, 1.165) is 5.56 Å². The maximum atomic E-state index is 12.0. The number of hydrogen-bond donors (Lipinski definition) is 2. The molecule has 2 N–H and O–H groups in total. The summed E-state index contributed by atoms with van der Waals surface area (Å²) < 4.78 is 0. The maximum absolute atomic E-state index is 12.0. The zero-order chi connectivity index (χ0) is 15.2. The van der Waals surface area contributed by atoms with Gasteiger partial charge in [-0.3, -0.25) is 9.78 Å². The van der Waals surface area contributed by atoms with Gasteiger partial charge < -0.3 is 10.4 Å². The highest BCUT2D eigenvalue weighted by Gasteiger charge is 2.21. The largest absolute Gasteiger partial charge is 0.480 e. The van der Waals surface area contributed by atoms with Crippen LogP contribution in [-0.4, -0.2) is 33.0 Å². The van der Waals surface area contributed by atoms with Crippen molar-refractivity contribution in [1.82, 2.24) is 15.3 Å². The lowest BCUT2D eigenvalue weighted by atomic mass is 10.1. The number of carboxylic acid groups (broad SMARTS) is 1. The highest BCUT2D eigenvalue weighted by Crippen LogP contribution is 2.06. The Labute approximate surface area is 125 Å². The van der Waals surface area contributed by atoms with Crippen molar-refractivity contribution in [2.24, 2.45) is 0 Å². The Morgan fingerprint density at radius 2 is 1.95 bits per heavy atom. The number of carboxylic acids is 1. The number of nitrogens with one attached hydrogen (secondary N) is 1. The Hall–Kier alpha value is -2.47. The lowest BCUT2D eigenvalue weighted by molar-refractivity contribution is -0.139. The molecule has 2 aromatic rings. The lowest BCUT2D eigenvalue weighted by Crippen LogP contribution is -2.42. The molecule has 108 valence electrons. The van der Waals surface area contributed by atoms with E-state index in [4.69, 9.17) is 11.6 Å². The van der Waals surface area contributed by atoms with Gasteiger partial charge in [0.25, 0.3) is 5.91 Å². The second-order valence-electron chi connectivity index (χ2n) is 4.28. The van der Waals surface area contributed by atoms with Gasteiger partial charge in [0.15, 0.2) is 0 Å². The summed E-state index contributed by atoms with van der Waals surface area (Å²) in [6.07, 6.45) is 2.69. The summed E-state index contributed by atoms with van der Waals surface area (Å²) in [5.41, 5.74) is 0.782. The molecule has 0 radical (unpaired) electrons. The summed E-state index contributed by atoms with van der Waals surface area (Å²) in [6, 6.07) is 7.97. The van der Waals surface area contributed by atoms with Gasteiger partial charge in [-0.1, -0.05) is 41.9 Å². The van der Waals surface area contributed by atoms with Crippen LogP contribution >= 0.6 is 11.6 Å². The molecule has 0 bridgehead atoms. The van der Waals surface area contributed by atoms with E-state index in [1.54, 1.807) is 24.3 Å². The molecule has 0 aliphatic carbocycles. The van der Waals surface area contributed by atoms with E-state index in [0.29, 0.717) is 0 Å². The van der Waals surface area contributed by atoms with Crippen LogP contribution in [0.4, 0.5) is 0 Å². The van der Waals surface area contributed by atoms with Crippen LogP contribution in [0, 0.1) is 0 Å². The first-order valence-corrected chi connectivity index (χ1v) is 6.49. The van der Waals surface area contributed by atoms with Gasteiger partial charge in [-0.2, -0.15) is 0 Å². The van der Waals surface area contributed by atoms with Crippen molar-refractivity contribution in [2.75, 3.05) is 0 Å². The van der Waals surface area contributed by atoms with E-state index in [9.17, 15) is 14.7 Å². The van der Waals surface area contributed by atoms with Gasteiger partial charge in [-0.05, 0) is 5.56 Å². The number of rotatable bonds is 5. The van der Waals surface area contributed by atoms with E-state index < -0.39 is 17.9 Å². The third-order valence-corrected chi connectivity index (χ3v) is 2.91. The minimum absolute atomic E-state index is 0.0261. The summed E-state index contributed by atoms with van der Waals surface area (Å²) in [7, 11) is 0. The third-order valence-electron chi connectivity index (χ3n) is 2.72. The summed E-state index contributed by atoms with van der Waals surface area (Å²) in [6.45, 7) is 0. The molecule has 7 heteroatoms. The van der Waals surface area contributed by atoms with E-state index >= 15 is 0 Å². The number of amides is 1. The monoisotopic (exact) mass is 305 g/mol. The van der Waals surface area contributed by atoms with Crippen LogP contribution in [0.2, 0.25) is 5.15 Å². The number of nitrogens with zero attached hydrogens (tertiary/aromatic N) is 2. The maximum Gasteiger partial charge on any atom is 0.326 e. The minimum atomic E-state index is -1.12. The van der Waals surface area contributed by atoms with Crippen molar-refractivity contribution in [3.05, 3.63) is 59.1 Å². The van der Waals surface area contributed by atoms with Gasteiger partial charge in [0.2, 0.25) is 0 Å². The number of carbonyl (C=O) groups excluding carboxylic acids is 1. The Bertz CT molecular complexity index is 649. The number of halogens is 1. The highest BCUT2D eigenvalue weighted by molar-refractivity contribution is 6.29. The van der Waals surface area contributed by atoms with Gasteiger partial charge in [0.1, 0.15) is 16.9 Å². The van der Waals surface area contributed by atoms with Crippen LogP contribution in [0.25, 0.3) is 0 Å². The topological polar surface area (TPSA) is 92.2 Å². The number of benzene rings is 1. The Kier molecular flexibility index (Phi) is 4.84. The molecule has 21 heavy (non-hydrogen) atoms. The average Bonchev–Trinajstić information content (AvgIpc) is 2.47. The molecule has 1 aromatic heterocycles. The summed E-state index contributed by atoms with van der Waals surface area (Å²) in [4.78, 5) is 30.8. The van der Waals surface area contributed by atoms with Crippen molar-refractivity contribution in [3.8, 4) is 0 Å². The van der Waals surface area contributed by atoms with Crippen LogP contribution in [0.3, 0.4) is 0 Å². The summed E-state index contributed by atoms with van der Waals surface area (Å²) in [5, 5.41) is 11.7. The smallest absolute Gasteiger partial charge is 0.326 e. The second-order valence-corrected chi connectivity index (χ2v) is 4.67. The van der Waals surface area contributed by atoms with Crippen LogP contribution in [0.5, 0.6) is 0 Å². The second kappa shape index (κ2) is 6.81. The van der Waals surface area contributed by atoms with Crippen LogP contribution in [-0.2, 0) is 11.2 Å². The van der Waals surface area contributed by atoms with Crippen LogP contribution in [0.1, 0.15) is 16.1 Å². The molecular weight excluding hydrogens is 294 g/mol. The first-order valence-electron chi connectivity index (χ1n) is 6.11. The molecule has 0 saturated carbocycles. The SMILES string of the molecule is O=C(NC(Cc1ccccc1)C(=O)O)c1cncc(Cl)n1. The Balaban J connectivity index is 2.10. The predicted molar refractivity (Wildman–Crippen MR) is 76.1 cm³/mol. The molecule has 1 heterocycles. The molecule has 1 amide bonds. The molecular formula is C14H12ClN3O3. The number of hydrogen-bond acceptors (Lipinski definition) is 4. The fraction of sp³-hybridized carbons (Fsp3) is 0.143. The van der Waals surface area contributed by atoms with Crippen molar-refractivity contribution < 1.29 is 14.7 Å². The molecule has 0 aliphatic rings. The molecule has 0 saturated heterocycles. The first kappa shape index (κ1) is 14.9. The van der Waals surface area contributed by atoms with Crippen molar-refractivity contribution in [3.63, 3.8) is 0 Å². The molecule has 1 aromatic carbocycles. The van der Waals surface area contributed by atoms with Gasteiger partial charge in [-0.25, -0.2) is 9.78 Å². The van der Waals surface area contributed by atoms with E-state index in [2.05, 4.69) is 15.3 Å². The molecule has 1 atom stereocenters. The van der Waals surface area contributed by atoms with Crippen LogP contribution in [0.15, 0.2) is 42.7 Å². The van der Waals surface area contributed by atoms with Gasteiger partial charge in [0.05, 0.1) is 12.4 Å². The minimum Gasteiger partial charge on any atom is -0.480 e. The highest BCUT2D eigenvalue weighted by atomic mass is 35.5. The zero-order valence-electron chi connectivity index (χ0n) is 10.9. The third kappa shape index (κ3) is 4.25. The fourth-order valence-corrected chi connectivity index (χ4v) is 1.88. The van der Waals surface area contributed by atoms with Crippen molar-refractivity contribution in [2.45, 2.75) is 12.5 Å². The molecule has 0 spiro atoms. The van der Waals surface area contributed by atoms with Gasteiger partial charge in [0, 0.05) is 6.42 Å². The molecule has 2 rings (SSSR count). The number of aromatic nitrogens is 2. The molecule has 0 aliphatic heterocycles. The Morgan fingerprint density at radius 1 is 1.24 bits per heavy atom. The van der Waals surface area contributed by atoms with Crippen molar-refractivity contribution >= 4 is 23.5 Å². The number of carbonyl (C=O) groups is 2. The lowest BCUT2D eigenvalue weighted by Gasteiger charge is -2.14. The normalized spacial score (nSPS) is 11.7. The van der Waals surface area contributed by atoms with Crippen molar-refractivity contribution in [1.29, 1.82) is 0 Å². The number of aliphatic carboxylic acids is 1. The van der Waals surface area contributed by atoms with E-state index in [1.165, 1.54) is 12.4 Å². The van der Waals surface area contributed by atoms with Gasteiger partial charge >= 0.3 is 5.97 Å². The van der Waals surface area contributed by atoms with Gasteiger partial charge in [-0.15, -0.1) is 0 Å². The standard InChI is InChI=1S/C14H12ClN3O3/c15-12-8-16-7-11(17-12)13(19)18-10(14(20)21)6-9-4-2-1-3-5-9/h1-5,7-8,10H,6H2,(H,18,19)(H,20,21). The van der Waals surface area contributed by atoms with E-state index in [1.807, 2.05) is 6.07 Å². The predicted octanol–water partition coefficient (Wildman–Crippen LogP) is 1.56. The van der Waals surface area contributed by atoms with Crippen LogP contribution < -0.4 is 5.32 Å². The molecule has 0 fully saturated rings. The molecule has 1 unspecified atom stereocenters. The van der Waals surface area contributed by atoms with E-state index in [-0.39, 0.29) is 17.3 Å². The molecule has 6 nitrogen and oxygen atoms in total.